The van der Waals surface area contributed by atoms with E-state index in [0.717, 1.165) is 32.6 Å². The van der Waals surface area contributed by atoms with Crippen LogP contribution in [0.25, 0.3) is 0 Å². The number of hydrogen-bond donors (Lipinski definition) is 1. The van der Waals surface area contributed by atoms with Crippen molar-refractivity contribution in [2.45, 2.75) is 63.7 Å². The van der Waals surface area contributed by atoms with Gasteiger partial charge in [0, 0.05) is 25.6 Å². The van der Waals surface area contributed by atoms with Crippen molar-refractivity contribution in [1.82, 2.24) is 5.32 Å². The third-order valence-corrected chi connectivity index (χ3v) is 3.72. The first-order valence-electron chi connectivity index (χ1n) is 6.69. The topological polar surface area (TPSA) is 30.5 Å². The fourth-order valence-corrected chi connectivity index (χ4v) is 2.62. The molecule has 0 aromatic carbocycles. The maximum Gasteiger partial charge on any atom is 0.0707 e. The van der Waals surface area contributed by atoms with E-state index in [1.54, 1.807) is 0 Å². The molecule has 1 saturated heterocycles. The molecule has 1 saturated carbocycles. The third-order valence-electron chi connectivity index (χ3n) is 3.72. The first kappa shape index (κ1) is 12.3. The Morgan fingerprint density at radius 3 is 2.88 bits per heavy atom. The summed E-state index contributed by atoms with van der Waals surface area (Å²) in [5.74, 6) is 0. The summed E-state index contributed by atoms with van der Waals surface area (Å²) in [6.45, 7) is 7.01. The van der Waals surface area contributed by atoms with Gasteiger partial charge >= 0.3 is 0 Å². The van der Waals surface area contributed by atoms with Gasteiger partial charge in [-0.05, 0) is 25.7 Å². The minimum Gasteiger partial charge on any atom is -0.377 e. The minimum absolute atomic E-state index is 0.217. The number of hydrogen-bond acceptors (Lipinski definition) is 3. The second-order valence-corrected chi connectivity index (χ2v) is 5.48. The van der Waals surface area contributed by atoms with Crippen molar-refractivity contribution < 1.29 is 9.47 Å². The summed E-state index contributed by atoms with van der Waals surface area (Å²) in [6, 6.07) is 0.552. The van der Waals surface area contributed by atoms with Crippen LogP contribution in [-0.4, -0.2) is 37.5 Å². The molecule has 94 valence electrons. The molecule has 1 unspecified atom stereocenters. The molecule has 2 aliphatic rings. The highest BCUT2D eigenvalue weighted by Crippen LogP contribution is 2.42. The van der Waals surface area contributed by atoms with Crippen LogP contribution >= 0.6 is 0 Å². The second kappa shape index (κ2) is 5.48. The number of ether oxygens (including phenoxy) is 2. The van der Waals surface area contributed by atoms with Gasteiger partial charge in [0.15, 0.2) is 0 Å². The molecule has 0 aromatic rings. The average Bonchev–Trinajstić information content (AvgIpc) is 2.22. The summed E-state index contributed by atoms with van der Waals surface area (Å²) in [6.07, 6.45) is 6.46. The van der Waals surface area contributed by atoms with Gasteiger partial charge in [0.2, 0.25) is 0 Å². The Bertz CT molecular complexity index is 214. The van der Waals surface area contributed by atoms with Crippen molar-refractivity contribution in [2.24, 2.45) is 0 Å². The van der Waals surface area contributed by atoms with E-state index in [4.69, 9.17) is 9.47 Å². The zero-order valence-electron chi connectivity index (χ0n) is 10.6. The maximum atomic E-state index is 5.92. The standard InChI is InChI=1S/C13H25NO2/c1-11(2)14-7-9-15-12-4-8-16-13(10-12)5-3-6-13/h11-12,14H,3-10H2,1-2H3. The van der Waals surface area contributed by atoms with Gasteiger partial charge in [-0.1, -0.05) is 13.8 Å². The van der Waals surface area contributed by atoms with Crippen LogP contribution in [0.5, 0.6) is 0 Å². The summed E-state index contributed by atoms with van der Waals surface area (Å²) >= 11 is 0. The predicted octanol–water partition coefficient (Wildman–Crippen LogP) is 2.10. The van der Waals surface area contributed by atoms with Crippen molar-refractivity contribution >= 4 is 0 Å². The minimum atomic E-state index is 0.217. The van der Waals surface area contributed by atoms with E-state index in [2.05, 4.69) is 19.2 Å². The van der Waals surface area contributed by atoms with Gasteiger partial charge in [-0.15, -0.1) is 0 Å². The highest BCUT2D eigenvalue weighted by atomic mass is 16.5. The molecule has 3 heteroatoms. The van der Waals surface area contributed by atoms with Gasteiger partial charge in [0.1, 0.15) is 0 Å². The van der Waals surface area contributed by atoms with Gasteiger partial charge in [0.05, 0.1) is 18.3 Å². The van der Waals surface area contributed by atoms with Crippen molar-refractivity contribution in [2.75, 3.05) is 19.8 Å². The zero-order valence-corrected chi connectivity index (χ0v) is 10.6. The Morgan fingerprint density at radius 1 is 1.44 bits per heavy atom. The molecular formula is C13H25NO2. The molecule has 1 N–H and O–H groups in total. The molecular weight excluding hydrogens is 202 g/mol. The van der Waals surface area contributed by atoms with Gasteiger partial charge in [-0.2, -0.15) is 0 Å². The second-order valence-electron chi connectivity index (χ2n) is 5.48. The molecule has 0 aromatic heterocycles. The van der Waals surface area contributed by atoms with Crippen LogP contribution in [0.2, 0.25) is 0 Å². The van der Waals surface area contributed by atoms with E-state index >= 15 is 0 Å². The van der Waals surface area contributed by atoms with Crippen LogP contribution in [0.1, 0.15) is 46.0 Å². The molecule has 1 spiro atoms. The molecule has 3 nitrogen and oxygen atoms in total. The quantitative estimate of drug-likeness (QED) is 0.730. The average molecular weight is 227 g/mol. The van der Waals surface area contributed by atoms with E-state index in [1.165, 1.54) is 19.3 Å². The SMILES string of the molecule is CC(C)NCCOC1CCOC2(CCC2)C1. The zero-order chi connectivity index (χ0) is 11.4. The summed E-state index contributed by atoms with van der Waals surface area (Å²) in [7, 11) is 0. The Balaban J connectivity index is 1.62. The van der Waals surface area contributed by atoms with Crippen molar-refractivity contribution in [3.05, 3.63) is 0 Å². The highest BCUT2D eigenvalue weighted by molar-refractivity contribution is 4.94. The van der Waals surface area contributed by atoms with Gasteiger partial charge in [-0.3, -0.25) is 0 Å². The lowest BCUT2D eigenvalue weighted by molar-refractivity contribution is -0.168. The lowest BCUT2D eigenvalue weighted by Gasteiger charge is -2.47. The Morgan fingerprint density at radius 2 is 2.25 bits per heavy atom. The first-order chi connectivity index (χ1) is 7.70. The summed E-state index contributed by atoms with van der Waals surface area (Å²) in [5.41, 5.74) is 0.217. The molecule has 0 bridgehead atoms. The third kappa shape index (κ3) is 3.19. The first-order valence-corrected chi connectivity index (χ1v) is 6.69. The summed E-state index contributed by atoms with van der Waals surface area (Å²) < 4.78 is 11.8. The summed E-state index contributed by atoms with van der Waals surface area (Å²) in [5, 5.41) is 3.38. The molecule has 2 fully saturated rings. The highest BCUT2D eigenvalue weighted by Gasteiger charge is 2.42. The van der Waals surface area contributed by atoms with E-state index in [9.17, 15) is 0 Å². The van der Waals surface area contributed by atoms with Crippen LogP contribution in [0.3, 0.4) is 0 Å². The molecule has 16 heavy (non-hydrogen) atoms. The normalized spacial score (nSPS) is 28.3. The van der Waals surface area contributed by atoms with Crippen LogP contribution in [-0.2, 0) is 9.47 Å². The number of nitrogens with one attached hydrogen (secondary N) is 1. The van der Waals surface area contributed by atoms with E-state index in [1.807, 2.05) is 0 Å². The van der Waals surface area contributed by atoms with Crippen LogP contribution in [0.15, 0.2) is 0 Å². The Labute approximate surface area is 98.9 Å². The summed E-state index contributed by atoms with van der Waals surface area (Å²) in [4.78, 5) is 0. The molecule has 2 rings (SSSR count). The van der Waals surface area contributed by atoms with E-state index in [0.29, 0.717) is 12.1 Å². The maximum absolute atomic E-state index is 5.92. The smallest absolute Gasteiger partial charge is 0.0707 e. The molecule has 0 amide bonds. The monoisotopic (exact) mass is 227 g/mol. The lowest BCUT2D eigenvalue weighted by atomic mass is 9.74. The fourth-order valence-electron chi connectivity index (χ4n) is 2.62. The largest absolute Gasteiger partial charge is 0.377 e. The van der Waals surface area contributed by atoms with Gasteiger partial charge in [0.25, 0.3) is 0 Å². The lowest BCUT2D eigenvalue weighted by Crippen LogP contribution is -2.48. The Hall–Kier alpha value is -0.120. The van der Waals surface area contributed by atoms with Gasteiger partial charge in [-0.25, -0.2) is 0 Å². The fraction of sp³-hybridized carbons (Fsp3) is 1.00. The molecule has 1 atom stereocenters. The van der Waals surface area contributed by atoms with Crippen molar-refractivity contribution in [3.63, 3.8) is 0 Å². The molecule has 1 heterocycles. The van der Waals surface area contributed by atoms with Crippen LogP contribution in [0, 0.1) is 0 Å². The Kier molecular flexibility index (Phi) is 4.22. The van der Waals surface area contributed by atoms with Crippen molar-refractivity contribution in [1.29, 1.82) is 0 Å². The van der Waals surface area contributed by atoms with Crippen LogP contribution in [0.4, 0.5) is 0 Å². The molecule has 1 aliphatic carbocycles. The van der Waals surface area contributed by atoms with Gasteiger partial charge < -0.3 is 14.8 Å². The predicted molar refractivity (Wildman–Crippen MR) is 64.6 cm³/mol. The van der Waals surface area contributed by atoms with Crippen molar-refractivity contribution in [3.8, 4) is 0 Å². The number of rotatable bonds is 5. The van der Waals surface area contributed by atoms with Crippen LogP contribution < -0.4 is 5.32 Å². The van der Waals surface area contributed by atoms with E-state index in [-0.39, 0.29) is 5.60 Å². The van der Waals surface area contributed by atoms with E-state index < -0.39 is 0 Å². The molecule has 0 radical (unpaired) electrons. The molecule has 1 aliphatic heterocycles.